The van der Waals surface area contributed by atoms with Crippen LogP contribution in [0.3, 0.4) is 0 Å². The first-order valence-corrected chi connectivity index (χ1v) is 25.0. The monoisotopic (exact) mass is 852 g/mol. The van der Waals surface area contributed by atoms with Gasteiger partial charge in [-0.15, -0.1) is 0 Å². The van der Waals surface area contributed by atoms with Crippen molar-refractivity contribution in [2.24, 2.45) is 0 Å². The van der Waals surface area contributed by atoms with Crippen molar-refractivity contribution < 1.29 is 4.79 Å². The number of hydrogen-bond donors (Lipinski definition) is 3. The molecule has 322 valence electrons. The van der Waals surface area contributed by atoms with E-state index in [0.717, 1.165) is 105 Å². The van der Waals surface area contributed by atoms with E-state index in [1.165, 1.54) is 27.0 Å². The van der Waals surface area contributed by atoms with Crippen LogP contribution in [-0.4, -0.2) is 38.5 Å². The average Bonchev–Trinajstić information content (AvgIpc) is 4.01. The molecule has 7 heteroatoms. The number of aromatic amines is 2. The van der Waals surface area contributed by atoms with Gasteiger partial charge < -0.3 is 15.3 Å². The van der Waals surface area contributed by atoms with Gasteiger partial charge in [0.2, 0.25) is 5.91 Å². The molecule has 2 atom stereocenters. The Morgan fingerprint density at radius 1 is 0.730 bits per heavy atom. The summed E-state index contributed by atoms with van der Waals surface area (Å²) in [5.41, 5.74) is 15.2. The number of carbonyl (C=O) groups excluding carboxylic acids is 1. The van der Waals surface area contributed by atoms with E-state index in [4.69, 9.17) is 9.97 Å². The van der Waals surface area contributed by atoms with Crippen LogP contribution >= 0.6 is 7.26 Å². The normalized spacial score (nSPS) is 15.0. The van der Waals surface area contributed by atoms with Gasteiger partial charge in [-0.25, -0.2) is 4.98 Å². The lowest BCUT2D eigenvalue weighted by Gasteiger charge is -2.27. The zero-order valence-electron chi connectivity index (χ0n) is 38.0. The van der Waals surface area contributed by atoms with Gasteiger partial charge in [0.1, 0.15) is 23.2 Å². The number of aromatic nitrogens is 4. The predicted molar refractivity (Wildman–Crippen MR) is 270 cm³/mol. The molecule has 2 aliphatic heterocycles. The number of hydrogen-bond acceptors (Lipinski definition) is 3. The van der Waals surface area contributed by atoms with E-state index in [9.17, 15) is 4.79 Å². The lowest BCUT2D eigenvalue weighted by atomic mass is 9.85. The third-order valence-electron chi connectivity index (χ3n) is 13.7. The maximum Gasteiger partial charge on any atom is 0.220 e. The smallest absolute Gasteiger partial charge is 0.220 e. The Hall–Kier alpha value is -5.84. The van der Waals surface area contributed by atoms with Crippen molar-refractivity contribution in [1.29, 1.82) is 0 Å². The van der Waals surface area contributed by atoms with E-state index in [0.29, 0.717) is 19.4 Å². The molecular formula is C56H63N5OP+. The highest BCUT2D eigenvalue weighted by atomic mass is 31.2. The SMILES string of the molecule is C=Cc1c(C)c2cc3nc(c(C)c4nc(cc5[nH]c(cc1[nH]2)c(C)c5CC)C(C)=C4)[C@@H](CCC(=O)NCCCCCC[P+](c1ccccc1)(c1ccccc1)c1ccccc1)[C@@H]3C. The first kappa shape index (κ1) is 43.8. The third kappa shape index (κ3) is 8.89. The first-order valence-electron chi connectivity index (χ1n) is 23.0. The summed E-state index contributed by atoms with van der Waals surface area (Å²) in [6.07, 6.45) is 11.7. The Morgan fingerprint density at radius 3 is 1.95 bits per heavy atom. The molecule has 0 radical (unpaired) electrons. The van der Waals surface area contributed by atoms with Gasteiger partial charge in [-0.3, -0.25) is 9.78 Å². The Balaban J connectivity index is 0.972. The van der Waals surface area contributed by atoms with Gasteiger partial charge in [-0.1, -0.05) is 87.5 Å². The summed E-state index contributed by atoms with van der Waals surface area (Å²) in [5, 5.41) is 7.58. The van der Waals surface area contributed by atoms with Crippen molar-refractivity contribution in [3.05, 3.63) is 166 Å². The van der Waals surface area contributed by atoms with Gasteiger partial charge >= 0.3 is 0 Å². The summed E-state index contributed by atoms with van der Waals surface area (Å²) in [6.45, 7) is 18.0. The minimum Gasteiger partial charge on any atom is -0.356 e. The fraction of sp³-hybridized carbons (Fsp3) is 0.304. The van der Waals surface area contributed by atoms with E-state index in [-0.39, 0.29) is 17.7 Å². The molecule has 0 unspecified atom stereocenters. The van der Waals surface area contributed by atoms with Crippen LogP contribution in [0.15, 0.2) is 116 Å². The molecule has 8 bridgehead atoms. The van der Waals surface area contributed by atoms with E-state index in [1.54, 1.807) is 0 Å². The van der Waals surface area contributed by atoms with E-state index < -0.39 is 7.26 Å². The quantitative estimate of drug-likeness (QED) is 0.0710. The summed E-state index contributed by atoms with van der Waals surface area (Å²) in [7, 11) is -1.83. The second-order valence-corrected chi connectivity index (χ2v) is 21.1. The Labute approximate surface area is 374 Å². The van der Waals surface area contributed by atoms with E-state index >= 15 is 0 Å². The van der Waals surface area contributed by atoms with Gasteiger partial charge in [-0.05, 0) is 148 Å². The molecule has 63 heavy (non-hydrogen) atoms. The lowest BCUT2D eigenvalue weighted by molar-refractivity contribution is -0.121. The van der Waals surface area contributed by atoms with Crippen molar-refractivity contribution in [3.8, 4) is 0 Å². The number of amides is 1. The molecule has 0 saturated heterocycles. The predicted octanol–water partition coefficient (Wildman–Crippen LogP) is 12.3. The Bertz CT molecular complexity index is 2710. The lowest BCUT2D eigenvalue weighted by Crippen LogP contribution is -2.33. The summed E-state index contributed by atoms with van der Waals surface area (Å²) in [6, 6.07) is 40.0. The van der Waals surface area contributed by atoms with Gasteiger partial charge in [-0.2, -0.15) is 0 Å². The molecule has 6 nitrogen and oxygen atoms in total. The van der Waals surface area contributed by atoms with E-state index in [2.05, 4.69) is 179 Å². The minimum absolute atomic E-state index is 0.0876. The highest BCUT2D eigenvalue weighted by molar-refractivity contribution is 7.95. The van der Waals surface area contributed by atoms with Gasteiger partial charge in [0, 0.05) is 63.8 Å². The van der Waals surface area contributed by atoms with Crippen molar-refractivity contribution in [2.75, 3.05) is 12.7 Å². The number of allylic oxidation sites excluding steroid dienone is 1. The van der Waals surface area contributed by atoms with Crippen LogP contribution in [0.5, 0.6) is 0 Å². The second-order valence-electron chi connectivity index (χ2n) is 17.5. The van der Waals surface area contributed by atoms with Crippen molar-refractivity contribution in [2.45, 2.75) is 98.3 Å². The number of H-pyrrole nitrogens is 2. The average molecular weight is 853 g/mol. The third-order valence-corrected chi connectivity index (χ3v) is 18.2. The molecule has 0 spiro atoms. The molecule has 3 N–H and O–H groups in total. The summed E-state index contributed by atoms with van der Waals surface area (Å²) in [5.74, 6) is 0.324. The number of nitrogens with zero attached hydrogens (tertiary/aromatic N) is 2. The molecule has 0 aliphatic carbocycles. The van der Waals surface area contributed by atoms with Crippen molar-refractivity contribution in [3.63, 3.8) is 0 Å². The van der Waals surface area contributed by atoms with Gasteiger partial charge in [0.05, 0.1) is 17.5 Å². The molecule has 0 saturated carbocycles. The first-order chi connectivity index (χ1) is 30.6. The fourth-order valence-electron chi connectivity index (χ4n) is 10.00. The Morgan fingerprint density at radius 2 is 1.33 bits per heavy atom. The highest BCUT2D eigenvalue weighted by Crippen LogP contribution is 2.56. The zero-order chi connectivity index (χ0) is 44.1. The fourth-order valence-corrected chi connectivity index (χ4v) is 14.4. The molecule has 0 fully saturated rings. The number of unbranched alkanes of at least 4 members (excludes halogenated alkanes) is 3. The standard InChI is InChI=1S/C56H62N5OP/c1-8-45-39(5)51-36-54-46(9-2)38(4)50(59-54)35-52-40(6)47(56(61-52)41(7)49-33-37(3)48(58-49)34-53(45)60-51)29-30-55(62)57-31-21-10-11-22-32-63(42-23-15-12-16-24-42,43-25-17-13-18-26-43)44-27-19-14-20-28-44/h9,12-20,23-28,33-36,40,47H,2,8,10-11,21-22,29-32H2,1,3-7H3,(H2-,57,58,59,60,61,62)/p+1/t40-,47-/m0/s1. The van der Waals surface area contributed by atoms with Crippen LogP contribution in [0.1, 0.15) is 122 Å². The minimum atomic E-state index is -1.83. The molecule has 6 aromatic rings. The van der Waals surface area contributed by atoms with Gasteiger partial charge in [0.25, 0.3) is 0 Å². The summed E-state index contributed by atoms with van der Waals surface area (Å²) >= 11 is 0. The Kier molecular flexibility index (Phi) is 13.4. The van der Waals surface area contributed by atoms with Crippen LogP contribution in [0.2, 0.25) is 0 Å². The molecule has 1 amide bonds. The van der Waals surface area contributed by atoms with Gasteiger partial charge in [0.15, 0.2) is 0 Å². The maximum absolute atomic E-state index is 13.5. The summed E-state index contributed by atoms with van der Waals surface area (Å²) < 4.78 is 0. The second kappa shape index (κ2) is 19.3. The van der Waals surface area contributed by atoms with Crippen LogP contribution < -0.4 is 21.2 Å². The number of nitrogens with one attached hydrogen (secondary N) is 3. The summed E-state index contributed by atoms with van der Waals surface area (Å²) in [4.78, 5) is 31.5. The number of aryl methyl sites for hydroxylation is 3. The topological polar surface area (TPSA) is 86.5 Å². The number of benzene rings is 3. The molecule has 8 rings (SSSR count). The zero-order valence-corrected chi connectivity index (χ0v) is 38.9. The van der Waals surface area contributed by atoms with Crippen LogP contribution in [0.25, 0.3) is 39.8 Å². The molecule has 3 aromatic heterocycles. The number of fused-ring (bicyclic) bond motifs is 8. The van der Waals surface area contributed by atoms with E-state index in [1.807, 2.05) is 6.08 Å². The molecule has 3 aromatic carbocycles. The van der Waals surface area contributed by atoms with Crippen molar-refractivity contribution >= 4 is 68.9 Å². The number of carbonyl (C=O) groups is 1. The molecular weight excluding hydrogens is 790 g/mol. The van der Waals surface area contributed by atoms with Crippen LogP contribution in [0.4, 0.5) is 0 Å². The molecule has 5 heterocycles. The molecule has 2 aliphatic rings. The largest absolute Gasteiger partial charge is 0.356 e. The maximum atomic E-state index is 13.5. The highest BCUT2D eigenvalue weighted by Gasteiger charge is 2.44. The van der Waals surface area contributed by atoms with Crippen molar-refractivity contribution in [1.82, 2.24) is 25.3 Å². The number of rotatable bonds is 15. The van der Waals surface area contributed by atoms with Crippen LogP contribution in [0, 0.1) is 20.8 Å². The van der Waals surface area contributed by atoms with Crippen LogP contribution in [-0.2, 0) is 11.2 Å².